The minimum absolute atomic E-state index is 0.627. The van der Waals surface area contributed by atoms with E-state index in [0.29, 0.717) is 12.3 Å². The molecule has 0 heterocycles. The Morgan fingerprint density at radius 2 is 1.53 bits per heavy atom. The molecule has 2 aromatic carbocycles. The van der Waals surface area contributed by atoms with Crippen LogP contribution in [0.15, 0.2) is 66.7 Å². The highest BCUT2D eigenvalue weighted by Gasteiger charge is 2.19. The molecule has 0 aliphatic carbocycles. The monoisotopic (exact) mass is 270 g/mol. The fraction of sp³-hybridized carbons (Fsp3) is 0.176. The lowest BCUT2D eigenvalue weighted by atomic mass is 10.2. The number of rotatable bonds is 5. The van der Waals surface area contributed by atoms with Crippen LogP contribution in [-0.4, -0.2) is 12.3 Å². The van der Waals surface area contributed by atoms with Crippen molar-refractivity contribution in [1.29, 1.82) is 0 Å². The Kier molecular flexibility index (Phi) is 4.76. The zero-order valence-electron chi connectivity index (χ0n) is 11.2. The van der Waals surface area contributed by atoms with Gasteiger partial charge in [0.05, 0.1) is 0 Å². The van der Waals surface area contributed by atoms with Crippen molar-refractivity contribution in [3.63, 3.8) is 0 Å². The molecule has 0 bridgehead atoms. The molecule has 1 nitrogen and oxygen atoms in total. The van der Waals surface area contributed by atoms with Gasteiger partial charge in [-0.05, 0) is 5.56 Å². The molecule has 0 aliphatic rings. The number of benzene rings is 2. The molecule has 0 unspecified atom stereocenters. The van der Waals surface area contributed by atoms with E-state index in [0.717, 1.165) is 10.9 Å². The zero-order chi connectivity index (χ0) is 13.6. The van der Waals surface area contributed by atoms with Crippen molar-refractivity contribution in [2.45, 2.75) is 6.92 Å². The fourth-order valence-electron chi connectivity index (χ4n) is 2.04. The Labute approximate surface area is 115 Å². The van der Waals surface area contributed by atoms with E-state index in [1.807, 2.05) is 67.6 Å². The molecule has 0 saturated carbocycles. The predicted molar refractivity (Wildman–Crippen MR) is 84.6 cm³/mol. The lowest BCUT2D eigenvalue weighted by molar-refractivity contribution is 0.583. The molecule has 98 valence electrons. The second-order valence-electron chi connectivity index (χ2n) is 4.54. The summed E-state index contributed by atoms with van der Waals surface area (Å²) in [5.74, 6) is 0. The van der Waals surface area contributed by atoms with E-state index in [9.17, 15) is 4.57 Å². The van der Waals surface area contributed by atoms with Gasteiger partial charge >= 0.3 is 0 Å². The van der Waals surface area contributed by atoms with E-state index >= 15 is 0 Å². The van der Waals surface area contributed by atoms with Gasteiger partial charge < -0.3 is 4.57 Å². The van der Waals surface area contributed by atoms with Gasteiger partial charge in [-0.3, -0.25) is 0 Å². The van der Waals surface area contributed by atoms with Gasteiger partial charge in [0.1, 0.15) is 7.14 Å². The summed E-state index contributed by atoms with van der Waals surface area (Å²) in [5.41, 5.74) is 1.15. The lowest BCUT2D eigenvalue weighted by Gasteiger charge is -2.14. The molecule has 19 heavy (non-hydrogen) atoms. The third kappa shape index (κ3) is 3.68. The molecule has 2 aromatic rings. The van der Waals surface area contributed by atoms with E-state index in [1.165, 1.54) is 0 Å². The van der Waals surface area contributed by atoms with Crippen LogP contribution in [0.25, 0.3) is 6.08 Å². The van der Waals surface area contributed by atoms with Gasteiger partial charge in [0.2, 0.25) is 0 Å². The molecule has 2 heteroatoms. The third-order valence-corrected chi connectivity index (χ3v) is 6.31. The zero-order valence-corrected chi connectivity index (χ0v) is 12.1. The molecule has 0 saturated heterocycles. The minimum Gasteiger partial charge on any atom is -0.318 e. The van der Waals surface area contributed by atoms with Crippen LogP contribution in [0.2, 0.25) is 0 Å². The van der Waals surface area contributed by atoms with E-state index in [1.54, 1.807) is 0 Å². The maximum atomic E-state index is 12.9. The largest absolute Gasteiger partial charge is 0.318 e. The SMILES string of the molecule is CC[P@@](=O)(C/C=C/c1ccccc1)c1ccccc1. The lowest BCUT2D eigenvalue weighted by Crippen LogP contribution is -2.08. The first-order chi connectivity index (χ1) is 9.24. The van der Waals surface area contributed by atoms with Crippen molar-refractivity contribution in [3.05, 3.63) is 72.3 Å². The van der Waals surface area contributed by atoms with Crippen LogP contribution in [0, 0.1) is 0 Å². The normalized spacial score (nSPS) is 14.4. The first kappa shape index (κ1) is 13.8. The average Bonchev–Trinajstić information content (AvgIpc) is 2.49. The minimum atomic E-state index is -2.28. The van der Waals surface area contributed by atoms with Crippen LogP contribution in [0.1, 0.15) is 12.5 Å². The third-order valence-electron chi connectivity index (χ3n) is 3.25. The van der Waals surface area contributed by atoms with Crippen molar-refractivity contribution in [1.82, 2.24) is 0 Å². The summed E-state index contributed by atoms with van der Waals surface area (Å²) in [7, 11) is -2.28. The van der Waals surface area contributed by atoms with Gasteiger partial charge in [0.15, 0.2) is 0 Å². The second-order valence-corrected chi connectivity index (χ2v) is 7.83. The van der Waals surface area contributed by atoms with E-state index in [-0.39, 0.29) is 0 Å². The quantitative estimate of drug-likeness (QED) is 0.735. The summed E-state index contributed by atoms with van der Waals surface area (Å²) < 4.78 is 12.9. The van der Waals surface area contributed by atoms with Crippen LogP contribution in [0.4, 0.5) is 0 Å². The van der Waals surface area contributed by atoms with Crippen LogP contribution >= 0.6 is 7.14 Å². The Bertz CT molecular complexity index is 573. The molecule has 1 atom stereocenters. The maximum Gasteiger partial charge on any atom is 0.118 e. The van der Waals surface area contributed by atoms with E-state index in [4.69, 9.17) is 0 Å². The number of hydrogen-bond donors (Lipinski definition) is 0. The van der Waals surface area contributed by atoms with Crippen LogP contribution in [0.5, 0.6) is 0 Å². The Hall–Kier alpha value is -1.59. The molecule has 0 radical (unpaired) electrons. The topological polar surface area (TPSA) is 17.1 Å². The Morgan fingerprint density at radius 1 is 0.947 bits per heavy atom. The fourth-order valence-corrected chi connectivity index (χ4v) is 4.04. The predicted octanol–water partition coefficient (Wildman–Crippen LogP) is 4.41. The van der Waals surface area contributed by atoms with Crippen LogP contribution in [0.3, 0.4) is 0 Å². The molecule has 0 N–H and O–H groups in total. The molecule has 0 aromatic heterocycles. The van der Waals surface area contributed by atoms with E-state index in [2.05, 4.69) is 12.1 Å². The highest BCUT2D eigenvalue weighted by molar-refractivity contribution is 7.71. The van der Waals surface area contributed by atoms with Crippen molar-refractivity contribution >= 4 is 18.5 Å². The molecule has 0 amide bonds. The molecule has 0 fully saturated rings. The summed E-state index contributed by atoms with van der Waals surface area (Å²) in [4.78, 5) is 0. The van der Waals surface area contributed by atoms with Gasteiger partial charge in [0.25, 0.3) is 0 Å². The summed E-state index contributed by atoms with van der Waals surface area (Å²) in [6, 6.07) is 19.9. The first-order valence-electron chi connectivity index (χ1n) is 6.60. The summed E-state index contributed by atoms with van der Waals surface area (Å²) >= 11 is 0. The molecular formula is C17H19OP. The van der Waals surface area contributed by atoms with Gasteiger partial charge in [-0.25, -0.2) is 0 Å². The molecule has 0 spiro atoms. The van der Waals surface area contributed by atoms with Crippen molar-refractivity contribution < 1.29 is 4.57 Å². The average molecular weight is 270 g/mol. The van der Waals surface area contributed by atoms with Gasteiger partial charge in [-0.1, -0.05) is 79.7 Å². The number of hydrogen-bond acceptors (Lipinski definition) is 1. The second kappa shape index (κ2) is 6.54. The van der Waals surface area contributed by atoms with Gasteiger partial charge in [-0.2, -0.15) is 0 Å². The van der Waals surface area contributed by atoms with E-state index < -0.39 is 7.14 Å². The Balaban J connectivity index is 2.12. The molecule has 2 rings (SSSR count). The summed E-state index contributed by atoms with van der Waals surface area (Å²) in [5, 5.41) is 0.982. The first-order valence-corrected chi connectivity index (χ1v) is 8.67. The summed E-state index contributed by atoms with van der Waals surface area (Å²) in [6.45, 7) is 2.00. The standard InChI is InChI=1S/C17H19OP/c1-2-19(18,17-13-7-4-8-14-17)15-9-12-16-10-5-3-6-11-16/h3-14H,2,15H2,1H3/b12-9+/t19-/m1/s1. The number of allylic oxidation sites excluding steroid dienone is 1. The Morgan fingerprint density at radius 3 is 2.11 bits per heavy atom. The maximum absolute atomic E-state index is 12.9. The van der Waals surface area contributed by atoms with Crippen molar-refractivity contribution in [3.8, 4) is 0 Å². The highest BCUT2D eigenvalue weighted by Crippen LogP contribution is 2.43. The summed E-state index contributed by atoms with van der Waals surface area (Å²) in [6.07, 6.45) is 5.41. The smallest absolute Gasteiger partial charge is 0.118 e. The molecular weight excluding hydrogens is 251 g/mol. The molecule has 0 aliphatic heterocycles. The van der Waals surface area contributed by atoms with Crippen LogP contribution < -0.4 is 5.30 Å². The van der Waals surface area contributed by atoms with Crippen molar-refractivity contribution in [2.75, 3.05) is 12.3 Å². The van der Waals surface area contributed by atoms with Crippen LogP contribution in [-0.2, 0) is 4.57 Å². The van der Waals surface area contributed by atoms with Gasteiger partial charge in [0, 0.05) is 17.6 Å². The highest BCUT2D eigenvalue weighted by atomic mass is 31.2. The van der Waals surface area contributed by atoms with Crippen molar-refractivity contribution in [2.24, 2.45) is 0 Å². The van der Waals surface area contributed by atoms with Gasteiger partial charge in [-0.15, -0.1) is 0 Å².